The Kier molecular flexibility index (Phi) is 8.87. The molecule has 1 heteroatoms. The molecule has 0 saturated carbocycles. The molecule has 1 rings (SSSR count). The molecule has 0 aliphatic heterocycles. The minimum absolute atomic E-state index is 0.595. The van der Waals surface area contributed by atoms with E-state index >= 15 is 0 Å². The van der Waals surface area contributed by atoms with Gasteiger partial charge >= 0.3 is 0 Å². The summed E-state index contributed by atoms with van der Waals surface area (Å²) in [6.07, 6.45) is 9.91. The van der Waals surface area contributed by atoms with Crippen LogP contribution in [-0.2, 0) is 6.42 Å². The first-order valence-corrected chi connectivity index (χ1v) is 6.23. The molecule has 0 aliphatic rings. The highest BCUT2D eigenvalue weighted by atomic mass is 16.3. The average molecular weight is 254 g/mol. The largest absolute Gasteiger partial charge is 0.376 e. The van der Waals surface area contributed by atoms with Gasteiger partial charge in [-0.25, -0.2) is 0 Å². The second-order valence-corrected chi connectivity index (χ2v) is 4.01. The first kappa shape index (κ1) is 17.0. The van der Waals surface area contributed by atoms with Crippen LogP contribution in [0, 0.1) is 19.3 Å². The monoisotopic (exact) mass is 254 g/mol. The highest BCUT2D eigenvalue weighted by Gasteiger charge is 1.99. The standard InChI is InChI=1S/C9H10O.C9H12/c1-4-7-8(5-2)9(10)6-3;1-3-9-6-4-8(2)5-7-9/h3-5,7,9-10H,1-2H2;4-7H,3H2,1-2H3/b8-7+;. The van der Waals surface area contributed by atoms with E-state index in [1.807, 2.05) is 0 Å². The Hall–Kier alpha value is -2.04. The molecule has 0 fully saturated rings. The fourth-order valence-corrected chi connectivity index (χ4v) is 1.33. The lowest BCUT2D eigenvalue weighted by atomic mass is 10.1. The summed E-state index contributed by atoms with van der Waals surface area (Å²) in [7, 11) is 0. The summed E-state index contributed by atoms with van der Waals surface area (Å²) in [6.45, 7) is 11.2. The summed E-state index contributed by atoms with van der Waals surface area (Å²) in [5.74, 6) is 2.17. The van der Waals surface area contributed by atoms with Crippen LogP contribution in [0.2, 0.25) is 0 Å². The first-order chi connectivity index (χ1) is 9.08. The van der Waals surface area contributed by atoms with Gasteiger partial charge in [-0.15, -0.1) is 6.42 Å². The molecule has 19 heavy (non-hydrogen) atoms. The Morgan fingerprint density at radius 2 is 1.95 bits per heavy atom. The van der Waals surface area contributed by atoms with Crippen molar-refractivity contribution in [3.63, 3.8) is 0 Å². The second kappa shape index (κ2) is 9.94. The highest BCUT2D eigenvalue weighted by Crippen LogP contribution is 2.02. The third-order valence-corrected chi connectivity index (χ3v) is 2.55. The van der Waals surface area contributed by atoms with Crippen LogP contribution in [0.15, 0.2) is 61.2 Å². The molecule has 1 aromatic rings. The SMILES string of the molecule is C#CC(O)/C(C=C)=C/C=C.CCc1ccc(C)cc1. The van der Waals surface area contributed by atoms with E-state index in [4.69, 9.17) is 11.5 Å². The van der Waals surface area contributed by atoms with Crippen LogP contribution in [0.5, 0.6) is 0 Å². The topological polar surface area (TPSA) is 20.2 Å². The van der Waals surface area contributed by atoms with Gasteiger partial charge in [0.15, 0.2) is 0 Å². The predicted octanol–water partition coefficient (Wildman–Crippen LogP) is 3.84. The minimum Gasteiger partial charge on any atom is -0.376 e. The van der Waals surface area contributed by atoms with Gasteiger partial charge in [0.1, 0.15) is 6.10 Å². The van der Waals surface area contributed by atoms with Crippen molar-refractivity contribution < 1.29 is 5.11 Å². The molecular formula is C18H22O. The molecule has 0 radical (unpaired) electrons. The van der Waals surface area contributed by atoms with Gasteiger partial charge in [0.05, 0.1) is 0 Å². The molecule has 1 N–H and O–H groups in total. The number of aliphatic hydroxyl groups excluding tert-OH is 1. The molecular weight excluding hydrogens is 232 g/mol. The number of aliphatic hydroxyl groups is 1. The van der Waals surface area contributed by atoms with E-state index in [-0.39, 0.29) is 0 Å². The molecule has 1 atom stereocenters. The summed E-state index contributed by atoms with van der Waals surface area (Å²) in [5, 5.41) is 9.03. The van der Waals surface area contributed by atoms with E-state index in [1.54, 1.807) is 12.2 Å². The van der Waals surface area contributed by atoms with Gasteiger partial charge in [-0.3, -0.25) is 0 Å². The maximum atomic E-state index is 9.03. The molecule has 0 spiro atoms. The number of benzene rings is 1. The summed E-state index contributed by atoms with van der Waals surface area (Å²) >= 11 is 0. The number of allylic oxidation sites excluding steroid dienone is 2. The van der Waals surface area contributed by atoms with Crippen LogP contribution >= 0.6 is 0 Å². The first-order valence-electron chi connectivity index (χ1n) is 6.23. The van der Waals surface area contributed by atoms with E-state index in [0.717, 1.165) is 6.42 Å². The molecule has 100 valence electrons. The van der Waals surface area contributed by atoms with Crippen LogP contribution in [0.1, 0.15) is 18.1 Å². The highest BCUT2D eigenvalue weighted by molar-refractivity contribution is 5.30. The summed E-state index contributed by atoms with van der Waals surface area (Å²) in [5.41, 5.74) is 3.35. The molecule has 0 aromatic heterocycles. The number of hydrogen-bond donors (Lipinski definition) is 1. The lowest BCUT2D eigenvalue weighted by molar-refractivity contribution is 0.272. The molecule has 0 amide bonds. The van der Waals surface area contributed by atoms with E-state index in [0.29, 0.717) is 5.57 Å². The molecule has 0 saturated heterocycles. The van der Waals surface area contributed by atoms with E-state index < -0.39 is 6.10 Å². The lowest BCUT2D eigenvalue weighted by Crippen LogP contribution is -2.03. The van der Waals surface area contributed by atoms with Gasteiger partial charge in [0.25, 0.3) is 0 Å². The van der Waals surface area contributed by atoms with Gasteiger partial charge < -0.3 is 5.11 Å². The smallest absolute Gasteiger partial charge is 0.139 e. The van der Waals surface area contributed by atoms with Gasteiger partial charge in [0.2, 0.25) is 0 Å². The number of terminal acetylenes is 1. The Balaban J connectivity index is 0.000000342. The molecule has 1 unspecified atom stereocenters. The van der Waals surface area contributed by atoms with Gasteiger partial charge in [-0.2, -0.15) is 0 Å². The van der Waals surface area contributed by atoms with Gasteiger partial charge in [-0.05, 0) is 24.5 Å². The number of hydrogen-bond acceptors (Lipinski definition) is 1. The van der Waals surface area contributed by atoms with E-state index in [2.05, 4.69) is 57.2 Å². The normalized spacial score (nSPS) is 11.6. The van der Waals surface area contributed by atoms with E-state index in [9.17, 15) is 0 Å². The van der Waals surface area contributed by atoms with Crippen molar-refractivity contribution in [2.75, 3.05) is 0 Å². The van der Waals surface area contributed by atoms with Crippen LogP contribution in [0.25, 0.3) is 0 Å². The van der Waals surface area contributed by atoms with Crippen molar-refractivity contribution >= 4 is 0 Å². The molecule has 1 nitrogen and oxygen atoms in total. The van der Waals surface area contributed by atoms with Crippen LogP contribution < -0.4 is 0 Å². The second-order valence-electron chi connectivity index (χ2n) is 4.01. The van der Waals surface area contributed by atoms with Gasteiger partial charge in [0, 0.05) is 0 Å². The summed E-state index contributed by atoms with van der Waals surface area (Å²) < 4.78 is 0. The van der Waals surface area contributed by atoms with Crippen molar-refractivity contribution in [3.05, 3.63) is 72.4 Å². The fraction of sp³-hybridized carbons (Fsp3) is 0.222. The predicted molar refractivity (Wildman–Crippen MR) is 83.9 cm³/mol. The summed E-state index contributed by atoms with van der Waals surface area (Å²) in [6, 6.07) is 8.66. The zero-order chi connectivity index (χ0) is 14.7. The van der Waals surface area contributed by atoms with Crippen LogP contribution in [0.3, 0.4) is 0 Å². The zero-order valence-electron chi connectivity index (χ0n) is 11.8. The quantitative estimate of drug-likeness (QED) is 0.639. The van der Waals surface area contributed by atoms with Crippen LogP contribution in [0.4, 0.5) is 0 Å². The maximum Gasteiger partial charge on any atom is 0.139 e. The zero-order valence-corrected chi connectivity index (χ0v) is 11.8. The Labute approximate surface area is 117 Å². The number of rotatable bonds is 4. The van der Waals surface area contributed by atoms with E-state index in [1.165, 1.54) is 17.2 Å². The molecule has 0 bridgehead atoms. The molecule has 0 heterocycles. The Morgan fingerprint density at radius 3 is 2.32 bits per heavy atom. The summed E-state index contributed by atoms with van der Waals surface area (Å²) in [4.78, 5) is 0. The van der Waals surface area contributed by atoms with Crippen molar-refractivity contribution in [2.24, 2.45) is 0 Å². The minimum atomic E-state index is -0.865. The van der Waals surface area contributed by atoms with Crippen molar-refractivity contribution in [1.29, 1.82) is 0 Å². The van der Waals surface area contributed by atoms with Gasteiger partial charge in [-0.1, -0.05) is 74.1 Å². The van der Waals surface area contributed by atoms with Crippen LogP contribution in [-0.4, -0.2) is 11.2 Å². The molecule has 1 aromatic carbocycles. The third kappa shape index (κ3) is 7.08. The fourth-order valence-electron chi connectivity index (χ4n) is 1.33. The van der Waals surface area contributed by atoms with Crippen molar-refractivity contribution in [3.8, 4) is 12.3 Å². The molecule has 0 aliphatic carbocycles. The number of aryl methyl sites for hydroxylation is 2. The van der Waals surface area contributed by atoms with Crippen molar-refractivity contribution in [1.82, 2.24) is 0 Å². The van der Waals surface area contributed by atoms with Crippen molar-refractivity contribution in [2.45, 2.75) is 26.4 Å². The third-order valence-electron chi connectivity index (χ3n) is 2.55. The Morgan fingerprint density at radius 1 is 1.37 bits per heavy atom. The lowest BCUT2D eigenvalue weighted by Gasteiger charge is -2.01. The maximum absolute atomic E-state index is 9.03. The average Bonchev–Trinajstić information content (AvgIpc) is 2.45. The Bertz CT molecular complexity index is 457.